The average molecular weight is 639 g/mol. The van der Waals surface area contributed by atoms with Crippen molar-refractivity contribution in [2.45, 2.75) is 64.3 Å². The van der Waals surface area contributed by atoms with Crippen LogP contribution in [0.3, 0.4) is 0 Å². The maximum absolute atomic E-state index is 14.0. The molecule has 4 aromatic rings. The molecule has 1 aliphatic rings. The first-order valence-corrected chi connectivity index (χ1v) is 15.6. The number of carbonyl (C=O) groups is 3. The van der Waals surface area contributed by atoms with Gasteiger partial charge in [0, 0.05) is 19.3 Å². The van der Waals surface area contributed by atoms with Gasteiger partial charge in [-0.1, -0.05) is 98.4 Å². The van der Waals surface area contributed by atoms with Crippen molar-refractivity contribution in [3.8, 4) is 0 Å². The summed E-state index contributed by atoms with van der Waals surface area (Å²) in [4.78, 5) is 46.5. The van der Waals surface area contributed by atoms with Crippen LogP contribution in [0.15, 0.2) is 104 Å². The maximum atomic E-state index is 14.0. The summed E-state index contributed by atoms with van der Waals surface area (Å²) in [5.41, 5.74) is 7.85. The summed E-state index contributed by atoms with van der Waals surface area (Å²) in [6.45, 7) is 4.63. The van der Waals surface area contributed by atoms with Gasteiger partial charge < -0.3 is 30.6 Å². The summed E-state index contributed by atoms with van der Waals surface area (Å²) in [6.07, 6.45) is 4.97. The second-order valence-electron chi connectivity index (χ2n) is 12.3. The molecule has 3 aromatic carbocycles. The van der Waals surface area contributed by atoms with E-state index in [1.807, 2.05) is 71.6 Å². The number of hydrogen-bond acceptors (Lipinski definition) is 6. The Balaban J connectivity index is 0.00000500. The van der Waals surface area contributed by atoms with Crippen molar-refractivity contribution in [1.29, 1.82) is 0 Å². The summed E-state index contributed by atoms with van der Waals surface area (Å²) in [6, 6.07) is 27.8. The van der Waals surface area contributed by atoms with Crippen LogP contribution in [0.25, 0.3) is 0 Å². The molecule has 0 aliphatic carbocycles. The smallest absolute Gasteiger partial charge is 0.250 e. The average Bonchev–Trinajstić information content (AvgIpc) is 3.52. The molecule has 248 valence electrons. The fraction of sp³-hybridized carbons (Fsp3) is 0.351. The van der Waals surface area contributed by atoms with Crippen LogP contribution < -0.4 is 16.4 Å². The van der Waals surface area contributed by atoms with Gasteiger partial charge in [-0.25, -0.2) is 4.98 Å². The number of carbonyl (C=O) groups excluding carboxylic acids is 3. The predicted octanol–water partition coefficient (Wildman–Crippen LogP) is 4.89. The second-order valence-corrected chi connectivity index (χ2v) is 12.3. The minimum atomic E-state index is -1.20. The Kier molecular flexibility index (Phi) is 12.1. The molecular formula is C37H46N6O4. The van der Waals surface area contributed by atoms with Crippen LogP contribution in [0.2, 0.25) is 0 Å². The third kappa shape index (κ3) is 9.37. The highest BCUT2D eigenvalue weighted by molar-refractivity contribution is 5.98. The van der Waals surface area contributed by atoms with Gasteiger partial charge in [-0.2, -0.15) is 0 Å². The first-order chi connectivity index (χ1) is 22.2. The van der Waals surface area contributed by atoms with Crippen LogP contribution in [0.4, 0.5) is 5.82 Å². The van der Waals surface area contributed by atoms with Crippen molar-refractivity contribution in [2.75, 3.05) is 25.0 Å². The molecule has 5 rings (SSSR count). The monoisotopic (exact) mass is 638 g/mol. The lowest BCUT2D eigenvalue weighted by Crippen LogP contribution is -2.56. The van der Waals surface area contributed by atoms with Crippen molar-refractivity contribution in [1.82, 2.24) is 19.8 Å². The van der Waals surface area contributed by atoms with E-state index in [9.17, 15) is 14.4 Å². The van der Waals surface area contributed by atoms with Crippen molar-refractivity contribution < 1.29 is 19.1 Å². The van der Waals surface area contributed by atoms with Crippen LogP contribution in [0.1, 0.15) is 62.8 Å². The van der Waals surface area contributed by atoms with Gasteiger partial charge in [0.25, 0.3) is 5.91 Å². The SMILES string of the molecule is C.CC(C)(N)C(=O)N[C@H](COCc1ccccc1)C(=O)Nc1cn(C(C(=O)N2CCC(c3ccccc3)CC2)c2ccccc2)cn1. The molecule has 3 amide bonds. The van der Waals surface area contributed by atoms with E-state index in [0.29, 0.717) is 19.0 Å². The lowest BCUT2D eigenvalue weighted by atomic mass is 9.89. The maximum Gasteiger partial charge on any atom is 0.250 e. The Morgan fingerprint density at radius 2 is 1.53 bits per heavy atom. The van der Waals surface area contributed by atoms with Gasteiger partial charge in [-0.15, -0.1) is 0 Å². The van der Waals surface area contributed by atoms with Gasteiger partial charge in [-0.3, -0.25) is 14.4 Å². The number of hydrogen-bond donors (Lipinski definition) is 3. The lowest BCUT2D eigenvalue weighted by molar-refractivity contribution is -0.134. The Labute approximate surface area is 277 Å². The number of piperidine rings is 1. The quantitative estimate of drug-likeness (QED) is 0.203. The molecule has 0 spiro atoms. The van der Waals surface area contributed by atoms with Crippen molar-refractivity contribution in [3.63, 3.8) is 0 Å². The number of imidazole rings is 1. The predicted molar refractivity (Wildman–Crippen MR) is 183 cm³/mol. The fourth-order valence-corrected chi connectivity index (χ4v) is 5.56. The molecule has 0 saturated carbocycles. The number of amides is 3. The van der Waals surface area contributed by atoms with Crippen LogP contribution in [-0.4, -0.2) is 63.4 Å². The molecule has 1 aliphatic heterocycles. The van der Waals surface area contributed by atoms with Gasteiger partial charge in [-0.05, 0) is 49.3 Å². The van der Waals surface area contributed by atoms with Gasteiger partial charge in [0.2, 0.25) is 11.8 Å². The molecule has 2 heterocycles. The Morgan fingerprint density at radius 3 is 2.15 bits per heavy atom. The number of likely N-dealkylation sites (tertiary alicyclic amines) is 1. The minimum Gasteiger partial charge on any atom is -0.374 e. The normalized spacial score (nSPS) is 14.8. The van der Waals surface area contributed by atoms with E-state index < -0.39 is 29.4 Å². The molecule has 0 bridgehead atoms. The van der Waals surface area contributed by atoms with Crippen LogP contribution >= 0.6 is 0 Å². The number of ether oxygens (including phenoxy) is 1. The minimum absolute atomic E-state index is 0. The van der Waals surface area contributed by atoms with Gasteiger partial charge >= 0.3 is 0 Å². The summed E-state index contributed by atoms with van der Waals surface area (Å²) in [5.74, 6) is -0.368. The molecule has 1 fully saturated rings. The van der Waals surface area contributed by atoms with Gasteiger partial charge in [0.1, 0.15) is 12.1 Å². The van der Waals surface area contributed by atoms with E-state index in [4.69, 9.17) is 10.5 Å². The molecule has 2 atom stereocenters. The highest BCUT2D eigenvalue weighted by Crippen LogP contribution is 2.30. The molecule has 4 N–H and O–H groups in total. The highest BCUT2D eigenvalue weighted by Gasteiger charge is 2.32. The highest BCUT2D eigenvalue weighted by atomic mass is 16.5. The van der Waals surface area contributed by atoms with E-state index >= 15 is 0 Å². The van der Waals surface area contributed by atoms with Crippen molar-refractivity contribution in [2.24, 2.45) is 5.73 Å². The first kappa shape index (κ1) is 35.1. The number of nitrogens with zero attached hydrogens (tertiary/aromatic N) is 3. The van der Waals surface area contributed by atoms with E-state index in [-0.39, 0.29) is 32.4 Å². The molecule has 1 saturated heterocycles. The summed E-state index contributed by atoms with van der Waals surface area (Å²) >= 11 is 0. The summed E-state index contributed by atoms with van der Waals surface area (Å²) < 4.78 is 7.52. The van der Waals surface area contributed by atoms with Gasteiger partial charge in [0.15, 0.2) is 5.82 Å². The van der Waals surface area contributed by atoms with E-state index in [1.165, 1.54) is 5.56 Å². The van der Waals surface area contributed by atoms with Crippen LogP contribution in [-0.2, 0) is 25.7 Å². The number of nitrogens with two attached hydrogens (primary N) is 1. The van der Waals surface area contributed by atoms with Gasteiger partial charge in [0.05, 0.1) is 25.1 Å². The molecule has 0 radical (unpaired) electrons. The third-order valence-corrected chi connectivity index (χ3v) is 8.18. The van der Waals surface area contributed by atoms with E-state index in [2.05, 4.69) is 39.9 Å². The molecule has 47 heavy (non-hydrogen) atoms. The second kappa shape index (κ2) is 16.2. The van der Waals surface area contributed by atoms with Crippen molar-refractivity contribution in [3.05, 3.63) is 120 Å². The lowest BCUT2D eigenvalue weighted by Gasteiger charge is -2.35. The Morgan fingerprint density at radius 1 is 0.936 bits per heavy atom. The van der Waals surface area contributed by atoms with Crippen LogP contribution in [0, 0.1) is 0 Å². The third-order valence-electron chi connectivity index (χ3n) is 8.18. The number of benzene rings is 3. The fourth-order valence-electron chi connectivity index (χ4n) is 5.56. The van der Waals surface area contributed by atoms with E-state index in [0.717, 1.165) is 24.0 Å². The molecular weight excluding hydrogens is 592 g/mol. The zero-order chi connectivity index (χ0) is 32.5. The molecule has 10 heteroatoms. The Hall–Kier alpha value is -4.80. The number of aromatic nitrogens is 2. The summed E-state index contributed by atoms with van der Waals surface area (Å²) in [7, 11) is 0. The number of rotatable bonds is 12. The molecule has 10 nitrogen and oxygen atoms in total. The molecule has 1 unspecified atom stereocenters. The zero-order valence-electron chi connectivity index (χ0n) is 26.3. The topological polar surface area (TPSA) is 132 Å². The zero-order valence-corrected chi connectivity index (χ0v) is 26.3. The number of nitrogens with one attached hydrogen (secondary N) is 2. The molecule has 1 aromatic heterocycles. The van der Waals surface area contributed by atoms with E-state index in [1.54, 1.807) is 30.9 Å². The van der Waals surface area contributed by atoms with Crippen LogP contribution in [0.5, 0.6) is 0 Å². The first-order valence-electron chi connectivity index (χ1n) is 15.6. The van der Waals surface area contributed by atoms with Crippen molar-refractivity contribution >= 4 is 23.5 Å². The Bertz CT molecular complexity index is 1580. The summed E-state index contributed by atoms with van der Waals surface area (Å²) in [5, 5.41) is 5.48. The number of anilines is 1. The standard InChI is InChI=1S/C36H42N6O4.CH4/c1-36(2,37)35(45)39-30(24-46-23-26-12-6-3-7-13-26)33(43)40-31-22-42(25-38-31)32(29-16-10-5-11-17-29)34(44)41-20-18-28(19-21-41)27-14-8-4-9-15-27;/h3-17,22,25,28,30,32H,18-21,23-24,37H2,1-2H3,(H,39,45)(H,40,43);1H4/t30-,32?;/m1./s1. The largest absolute Gasteiger partial charge is 0.374 e.